The van der Waals surface area contributed by atoms with Crippen LogP contribution in [-0.2, 0) is 9.47 Å². The minimum absolute atomic E-state index is 0.0610. The number of benzene rings is 1. The van der Waals surface area contributed by atoms with Gasteiger partial charge in [0.1, 0.15) is 17.6 Å². The Hall–Kier alpha value is -1.46. The highest BCUT2D eigenvalue weighted by atomic mass is 16.5. The van der Waals surface area contributed by atoms with Crippen molar-refractivity contribution in [2.75, 3.05) is 33.3 Å². The molecule has 1 fully saturated rings. The Kier molecular flexibility index (Phi) is 5.09. The average molecular weight is 281 g/mol. The molecular formula is C15H23NO4. The largest absolute Gasteiger partial charge is 0.497 e. The van der Waals surface area contributed by atoms with Crippen LogP contribution in [0.1, 0.15) is 13.3 Å². The monoisotopic (exact) mass is 281 g/mol. The molecule has 5 heteroatoms. The Balaban J connectivity index is 2.06. The summed E-state index contributed by atoms with van der Waals surface area (Å²) in [7, 11) is 5.02. The summed E-state index contributed by atoms with van der Waals surface area (Å²) in [5.74, 6) is 1.59. The zero-order valence-corrected chi connectivity index (χ0v) is 12.5. The van der Waals surface area contributed by atoms with Crippen LogP contribution in [0, 0.1) is 0 Å². The molecule has 5 nitrogen and oxygen atoms in total. The summed E-state index contributed by atoms with van der Waals surface area (Å²) >= 11 is 0. The first-order valence-electron chi connectivity index (χ1n) is 6.86. The lowest BCUT2D eigenvalue weighted by molar-refractivity contribution is -0.118. The van der Waals surface area contributed by atoms with Gasteiger partial charge in [0, 0.05) is 19.8 Å². The van der Waals surface area contributed by atoms with Crippen LogP contribution in [0.3, 0.4) is 0 Å². The molecule has 1 aromatic carbocycles. The Bertz CT molecular complexity index is 438. The second kappa shape index (κ2) is 6.81. The number of nitrogens with one attached hydrogen (secondary N) is 1. The van der Waals surface area contributed by atoms with E-state index in [2.05, 4.69) is 5.32 Å². The molecule has 0 aliphatic heterocycles. The van der Waals surface area contributed by atoms with Crippen LogP contribution in [0.25, 0.3) is 0 Å². The van der Waals surface area contributed by atoms with Gasteiger partial charge in [0.15, 0.2) is 0 Å². The molecule has 0 aromatic heterocycles. The van der Waals surface area contributed by atoms with Crippen molar-refractivity contribution in [2.24, 2.45) is 0 Å². The van der Waals surface area contributed by atoms with E-state index in [-0.39, 0.29) is 18.2 Å². The van der Waals surface area contributed by atoms with E-state index in [1.54, 1.807) is 21.3 Å². The third kappa shape index (κ3) is 2.99. The molecule has 0 amide bonds. The van der Waals surface area contributed by atoms with Crippen molar-refractivity contribution in [1.29, 1.82) is 0 Å². The number of ether oxygens (including phenoxy) is 4. The van der Waals surface area contributed by atoms with Gasteiger partial charge in [-0.05, 0) is 25.5 Å². The summed E-state index contributed by atoms with van der Waals surface area (Å²) < 4.78 is 21.8. The molecule has 0 heterocycles. The normalized spacial score (nSPS) is 24.9. The highest BCUT2D eigenvalue weighted by Crippen LogP contribution is 2.35. The van der Waals surface area contributed by atoms with Crippen LogP contribution in [0.5, 0.6) is 11.5 Å². The fraction of sp³-hybridized carbons (Fsp3) is 0.600. The summed E-state index contributed by atoms with van der Waals surface area (Å²) in [5.41, 5.74) is 0.911. The van der Waals surface area contributed by atoms with Crippen molar-refractivity contribution >= 4 is 5.69 Å². The quantitative estimate of drug-likeness (QED) is 0.831. The Morgan fingerprint density at radius 3 is 2.60 bits per heavy atom. The number of hydrogen-bond donors (Lipinski definition) is 1. The first kappa shape index (κ1) is 14.9. The molecule has 0 radical (unpaired) electrons. The van der Waals surface area contributed by atoms with E-state index in [1.807, 2.05) is 25.1 Å². The second-order valence-electron chi connectivity index (χ2n) is 4.75. The molecule has 1 N–H and O–H groups in total. The van der Waals surface area contributed by atoms with Crippen molar-refractivity contribution < 1.29 is 18.9 Å². The van der Waals surface area contributed by atoms with E-state index in [4.69, 9.17) is 18.9 Å². The fourth-order valence-corrected chi connectivity index (χ4v) is 2.54. The predicted molar refractivity (Wildman–Crippen MR) is 77.8 cm³/mol. The Morgan fingerprint density at radius 2 is 2.00 bits per heavy atom. The summed E-state index contributed by atoms with van der Waals surface area (Å²) in [6.45, 7) is 2.71. The third-order valence-corrected chi connectivity index (χ3v) is 3.65. The van der Waals surface area contributed by atoms with Crippen LogP contribution >= 0.6 is 0 Å². The molecule has 112 valence electrons. The van der Waals surface area contributed by atoms with Crippen molar-refractivity contribution in [3.05, 3.63) is 18.2 Å². The van der Waals surface area contributed by atoms with Gasteiger partial charge in [-0.15, -0.1) is 0 Å². The zero-order valence-electron chi connectivity index (χ0n) is 12.5. The van der Waals surface area contributed by atoms with Crippen molar-refractivity contribution in [3.63, 3.8) is 0 Å². The van der Waals surface area contributed by atoms with Gasteiger partial charge in [-0.1, -0.05) is 0 Å². The van der Waals surface area contributed by atoms with E-state index in [1.165, 1.54) is 0 Å². The highest BCUT2D eigenvalue weighted by molar-refractivity contribution is 5.60. The standard InChI is InChI=1S/C15H23NO4/c1-5-20-14-9-12(15(14)19-4)16-11-8-10(17-2)6-7-13(11)18-3/h6-8,12,14-16H,5,9H2,1-4H3. The van der Waals surface area contributed by atoms with Crippen LogP contribution in [0.15, 0.2) is 18.2 Å². The van der Waals surface area contributed by atoms with Gasteiger partial charge in [-0.3, -0.25) is 0 Å². The molecule has 2 rings (SSSR count). The first-order valence-corrected chi connectivity index (χ1v) is 6.86. The number of hydrogen-bond acceptors (Lipinski definition) is 5. The van der Waals surface area contributed by atoms with E-state index in [0.717, 1.165) is 23.6 Å². The Morgan fingerprint density at radius 1 is 1.20 bits per heavy atom. The summed E-state index contributed by atoms with van der Waals surface area (Å²) in [6.07, 6.45) is 1.15. The number of methoxy groups -OCH3 is 3. The van der Waals surface area contributed by atoms with Crippen LogP contribution < -0.4 is 14.8 Å². The van der Waals surface area contributed by atoms with Gasteiger partial charge in [0.05, 0.1) is 32.1 Å². The van der Waals surface area contributed by atoms with Gasteiger partial charge in [0.2, 0.25) is 0 Å². The van der Waals surface area contributed by atoms with Gasteiger partial charge < -0.3 is 24.3 Å². The molecule has 0 saturated heterocycles. The maximum Gasteiger partial charge on any atom is 0.142 e. The zero-order chi connectivity index (χ0) is 14.5. The van der Waals surface area contributed by atoms with Crippen LogP contribution in [0.4, 0.5) is 5.69 Å². The predicted octanol–water partition coefficient (Wildman–Crippen LogP) is 2.31. The molecule has 1 aliphatic carbocycles. The van der Waals surface area contributed by atoms with Gasteiger partial charge in [-0.25, -0.2) is 0 Å². The summed E-state index contributed by atoms with van der Waals surface area (Å²) in [5, 5.41) is 3.45. The SMILES string of the molecule is CCOC1CC(Nc2cc(OC)ccc2OC)C1OC. The second-order valence-corrected chi connectivity index (χ2v) is 4.75. The molecule has 0 bridgehead atoms. The van der Waals surface area contributed by atoms with Gasteiger partial charge in [-0.2, -0.15) is 0 Å². The lowest BCUT2D eigenvalue weighted by Gasteiger charge is -2.43. The van der Waals surface area contributed by atoms with E-state index in [9.17, 15) is 0 Å². The molecule has 0 spiro atoms. The third-order valence-electron chi connectivity index (χ3n) is 3.65. The van der Waals surface area contributed by atoms with Crippen molar-refractivity contribution in [3.8, 4) is 11.5 Å². The van der Waals surface area contributed by atoms with Gasteiger partial charge in [0.25, 0.3) is 0 Å². The Labute approximate surface area is 120 Å². The average Bonchev–Trinajstić information content (AvgIpc) is 2.46. The van der Waals surface area contributed by atoms with Crippen molar-refractivity contribution in [1.82, 2.24) is 0 Å². The molecule has 3 atom stereocenters. The molecule has 1 saturated carbocycles. The first-order chi connectivity index (χ1) is 9.73. The minimum atomic E-state index is 0.0610. The van der Waals surface area contributed by atoms with Crippen molar-refractivity contribution in [2.45, 2.75) is 31.6 Å². The molecule has 1 aliphatic rings. The smallest absolute Gasteiger partial charge is 0.142 e. The van der Waals surface area contributed by atoms with E-state index in [0.29, 0.717) is 6.61 Å². The van der Waals surface area contributed by atoms with Crippen LogP contribution in [-0.4, -0.2) is 46.2 Å². The lowest BCUT2D eigenvalue weighted by Crippen LogP contribution is -2.56. The fourth-order valence-electron chi connectivity index (χ4n) is 2.54. The molecule has 20 heavy (non-hydrogen) atoms. The number of anilines is 1. The van der Waals surface area contributed by atoms with E-state index < -0.39 is 0 Å². The number of rotatable bonds is 7. The lowest BCUT2D eigenvalue weighted by atomic mass is 9.85. The molecule has 3 unspecified atom stereocenters. The maximum atomic E-state index is 5.63. The maximum absolute atomic E-state index is 5.63. The van der Waals surface area contributed by atoms with Gasteiger partial charge >= 0.3 is 0 Å². The topological polar surface area (TPSA) is 49.0 Å². The molecular weight excluding hydrogens is 258 g/mol. The van der Waals surface area contributed by atoms with Crippen LogP contribution in [0.2, 0.25) is 0 Å². The van der Waals surface area contributed by atoms with E-state index >= 15 is 0 Å². The highest BCUT2D eigenvalue weighted by Gasteiger charge is 2.42. The molecule has 1 aromatic rings. The summed E-state index contributed by atoms with van der Waals surface area (Å²) in [6, 6.07) is 5.92. The minimum Gasteiger partial charge on any atom is -0.497 e. The summed E-state index contributed by atoms with van der Waals surface area (Å²) in [4.78, 5) is 0.